The van der Waals surface area contributed by atoms with E-state index in [4.69, 9.17) is 14.2 Å². The van der Waals surface area contributed by atoms with E-state index in [9.17, 15) is 18.0 Å². The summed E-state index contributed by atoms with van der Waals surface area (Å²) < 4.78 is 43.8. The normalized spacial score (nSPS) is 20.5. The topological polar surface area (TPSA) is 123 Å². The predicted molar refractivity (Wildman–Crippen MR) is 120 cm³/mol. The fraction of sp³-hybridized carbons (Fsp3) is 0.636. The molecule has 3 rings (SSSR count). The summed E-state index contributed by atoms with van der Waals surface area (Å²) in [6.45, 7) is 0.446. The number of hydrogen-bond donors (Lipinski definition) is 2. The number of hydrogen-bond acceptors (Lipinski definition) is 7. The van der Waals surface area contributed by atoms with Crippen molar-refractivity contribution in [3.8, 4) is 11.5 Å². The molecule has 1 saturated heterocycles. The third-order valence-electron chi connectivity index (χ3n) is 5.95. The Hall–Kier alpha value is -2.37. The second-order valence-electron chi connectivity index (χ2n) is 8.18. The van der Waals surface area contributed by atoms with Gasteiger partial charge < -0.3 is 24.8 Å². The van der Waals surface area contributed by atoms with Crippen LogP contribution in [0.15, 0.2) is 23.1 Å². The van der Waals surface area contributed by atoms with Crippen molar-refractivity contribution >= 4 is 21.8 Å². The van der Waals surface area contributed by atoms with E-state index in [1.54, 1.807) is 0 Å². The Balaban J connectivity index is 1.64. The number of nitrogens with zero attached hydrogens (tertiary/aromatic N) is 1. The van der Waals surface area contributed by atoms with Gasteiger partial charge in [-0.2, -0.15) is 4.31 Å². The predicted octanol–water partition coefficient (Wildman–Crippen LogP) is 1.40. The largest absolute Gasteiger partial charge is 0.493 e. The molecule has 0 unspecified atom stereocenters. The summed E-state index contributed by atoms with van der Waals surface area (Å²) in [7, 11) is -1.05. The highest BCUT2D eigenvalue weighted by Gasteiger charge is 2.35. The summed E-state index contributed by atoms with van der Waals surface area (Å²) in [4.78, 5) is 24.7. The van der Waals surface area contributed by atoms with Crippen LogP contribution in [0.25, 0.3) is 0 Å². The number of benzene rings is 1. The molecule has 1 aromatic rings. The SMILES string of the molecule is COc1ccc(S(=O)(=O)N2CCCO[C@@H]2CNC(=O)C(=O)NC2CCCCCC2)cc1OC. The van der Waals surface area contributed by atoms with Gasteiger partial charge in [0.2, 0.25) is 10.0 Å². The summed E-state index contributed by atoms with van der Waals surface area (Å²) in [5.41, 5.74) is 0. The molecule has 1 aliphatic heterocycles. The minimum Gasteiger partial charge on any atom is -0.493 e. The first-order chi connectivity index (χ1) is 15.9. The lowest BCUT2D eigenvalue weighted by Gasteiger charge is -2.34. The van der Waals surface area contributed by atoms with E-state index in [2.05, 4.69) is 10.6 Å². The molecule has 2 N–H and O–H groups in total. The number of ether oxygens (including phenoxy) is 3. The molecule has 2 aliphatic rings. The van der Waals surface area contributed by atoms with Crippen LogP contribution in [0.1, 0.15) is 44.9 Å². The summed E-state index contributed by atoms with van der Waals surface area (Å²) in [5.74, 6) is -0.796. The fourth-order valence-electron chi connectivity index (χ4n) is 4.15. The second-order valence-corrected chi connectivity index (χ2v) is 10.1. The van der Waals surface area contributed by atoms with Crippen LogP contribution < -0.4 is 20.1 Å². The van der Waals surface area contributed by atoms with E-state index in [1.165, 1.54) is 36.7 Å². The Kier molecular flexibility index (Phi) is 8.93. The summed E-state index contributed by atoms with van der Waals surface area (Å²) in [6.07, 6.45) is 5.66. The summed E-state index contributed by atoms with van der Waals surface area (Å²) >= 11 is 0. The molecule has 1 atom stereocenters. The standard InChI is InChI=1S/C22H33N3O7S/c1-30-18-11-10-17(14-19(18)31-2)33(28,29)25-12-7-13-32-20(25)15-23-21(26)22(27)24-16-8-5-3-4-6-9-16/h10-11,14,16,20H,3-9,12-13,15H2,1-2H3,(H,23,26)(H,24,27)/t20-/m1/s1. The summed E-state index contributed by atoms with van der Waals surface area (Å²) in [5, 5.41) is 5.31. The van der Waals surface area contributed by atoms with Gasteiger partial charge in [-0.1, -0.05) is 25.7 Å². The molecular weight excluding hydrogens is 450 g/mol. The average Bonchev–Trinajstić information content (AvgIpc) is 3.10. The van der Waals surface area contributed by atoms with E-state index in [-0.39, 0.29) is 29.8 Å². The Bertz CT molecular complexity index is 930. The molecule has 0 aromatic heterocycles. The number of amides is 2. The molecular formula is C22H33N3O7S. The zero-order valence-electron chi connectivity index (χ0n) is 19.2. The monoisotopic (exact) mass is 483 g/mol. The number of nitrogens with one attached hydrogen (secondary N) is 2. The highest BCUT2D eigenvalue weighted by Crippen LogP contribution is 2.31. The van der Waals surface area contributed by atoms with E-state index in [1.807, 2.05) is 0 Å². The zero-order valence-corrected chi connectivity index (χ0v) is 20.0. The third-order valence-corrected chi connectivity index (χ3v) is 7.83. The van der Waals surface area contributed by atoms with Crippen LogP contribution in [0.4, 0.5) is 0 Å². The van der Waals surface area contributed by atoms with E-state index < -0.39 is 28.1 Å². The first-order valence-corrected chi connectivity index (χ1v) is 12.7. The minimum atomic E-state index is -3.94. The molecule has 11 heteroatoms. The number of methoxy groups -OCH3 is 2. The van der Waals surface area contributed by atoms with Crippen molar-refractivity contribution < 1.29 is 32.2 Å². The molecule has 2 fully saturated rings. The lowest BCUT2D eigenvalue weighted by atomic mass is 10.1. The highest BCUT2D eigenvalue weighted by molar-refractivity contribution is 7.89. The quantitative estimate of drug-likeness (QED) is 0.444. The molecule has 1 aliphatic carbocycles. The van der Waals surface area contributed by atoms with Gasteiger partial charge in [-0.25, -0.2) is 8.42 Å². The van der Waals surface area contributed by atoms with Gasteiger partial charge in [0.25, 0.3) is 0 Å². The maximum Gasteiger partial charge on any atom is 0.309 e. The van der Waals surface area contributed by atoms with Crippen LogP contribution in [0.3, 0.4) is 0 Å². The number of carbonyl (C=O) groups excluding carboxylic acids is 2. The van der Waals surface area contributed by atoms with Crippen LogP contribution in [0, 0.1) is 0 Å². The molecule has 1 aromatic carbocycles. The Morgan fingerprint density at radius 1 is 1.03 bits per heavy atom. The van der Waals surface area contributed by atoms with Crippen molar-refractivity contribution in [2.24, 2.45) is 0 Å². The van der Waals surface area contributed by atoms with Crippen molar-refractivity contribution in [1.29, 1.82) is 0 Å². The van der Waals surface area contributed by atoms with E-state index >= 15 is 0 Å². The van der Waals surface area contributed by atoms with Crippen molar-refractivity contribution in [2.75, 3.05) is 33.9 Å². The van der Waals surface area contributed by atoms with Crippen molar-refractivity contribution in [1.82, 2.24) is 14.9 Å². The van der Waals surface area contributed by atoms with Crippen LogP contribution in [-0.2, 0) is 24.3 Å². The van der Waals surface area contributed by atoms with Crippen LogP contribution in [0.2, 0.25) is 0 Å². The molecule has 10 nitrogen and oxygen atoms in total. The van der Waals surface area contributed by atoms with Gasteiger partial charge in [-0.3, -0.25) is 9.59 Å². The first-order valence-electron chi connectivity index (χ1n) is 11.3. The minimum absolute atomic E-state index is 0.00129. The highest BCUT2D eigenvalue weighted by atomic mass is 32.2. The molecule has 1 saturated carbocycles. The van der Waals surface area contributed by atoms with Gasteiger partial charge in [-0.15, -0.1) is 0 Å². The van der Waals surface area contributed by atoms with Gasteiger partial charge in [-0.05, 0) is 31.4 Å². The zero-order chi connectivity index (χ0) is 23.8. The lowest BCUT2D eigenvalue weighted by molar-refractivity contribution is -0.140. The van der Waals surface area contributed by atoms with E-state index in [0.29, 0.717) is 18.8 Å². The third kappa shape index (κ3) is 6.36. The van der Waals surface area contributed by atoms with Crippen molar-refractivity contribution in [3.05, 3.63) is 18.2 Å². The molecule has 2 amide bonds. The van der Waals surface area contributed by atoms with Gasteiger partial charge in [0.15, 0.2) is 11.5 Å². The van der Waals surface area contributed by atoms with Gasteiger partial charge in [0.1, 0.15) is 6.23 Å². The van der Waals surface area contributed by atoms with Crippen molar-refractivity contribution in [2.45, 2.75) is 62.1 Å². The van der Waals surface area contributed by atoms with Gasteiger partial charge in [0.05, 0.1) is 32.3 Å². The smallest absolute Gasteiger partial charge is 0.309 e. The number of sulfonamides is 1. The molecule has 184 valence electrons. The molecule has 0 bridgehead atoms. The molecule has 0 radical (unpaired) electrons. The Labute approximate surface area is 195 Å². The van der Waals surface area contributed by atoms with Gasteiger partial charge in [0, 0.05) is 18.7 Å². The summed E-state index contributed by atoms with van der Waals surface area (Å²) in [6, 6.07) is 4.34. The van der Waals surface area contributed by atoms with Crippen LogP contribution in [-0.4, -0.2) is 70.7 Å². The molecule has 33 heavy (non-hydrogen) atoms. The van der Waals surface area contributed by atoms with Crippen LogP contribution >= 0.6 is 0 Å². The fourth-order valence-corrected chi connectivity index (χ4v) is 5.73. The van der Waals surface area contributed by atoms with Crippen molar-refractivity contribution in [3.63, 3.8) is 0 Å². The van der Waals surface area contributed by atoms with E-state index in [0.717, 1.165) is 38.5 Å². The lowest BCUT2D eigenvalue weighted by Crippen LogP contribution is -2.53. The van der Waals surface area contributed by atoms with Crippen LogP contribution in [0.5, 0.6) is 11.5 Å². The first kappa shape index (κ1) is 25.3. The average molecular weight is 484 g/mol. The Morgan fingerprint density at radius 2 is 1.73 bits per heavy atom. The molecule has 1 heterocycles. The Morgan fingerprint density at radius 3 is 2.39 bits per heavy atom. The second kappa shape index (κ2) is 11.7. The molecule has 0 spiro atoms. The van der Waals surface area contributed by atoms with Gasteiger partial charge >= 0.3 is 11.8 Å². The maximum atomic E-state index is 13.3. The number of carbonyl (C=O) groups is 2. The maximum absolute atomic E-state index is 13.3. The number of rotatable bonds is 7.